The highest BCUT2D eigenvalue weighted by molar-refractivity contribution is 6.26. The first kappa shape index (κ1) is 55.6. The maximum Gasteiger partial charge on any atom is 0.160 e. The molecule has 4 heteroatoms. The Balaban J connectivity index is 1.24. The first-order chi connectivity index (χ1) is 40.3. The largest absolute Gasteiger partial charge is 0.455 e. The van der Waals surface area contributed by atoms with Crippen molar-refractivity contribution in [3.05, 3.63) is 262 Å². The van der Waals surface area contributed by atoms with E-state index in [0.29, 0.717) is 0 Å². The minimum Gasteiger partial charge on any atom is -0.455 e. The molecular weight excluding hydrogens is 1030 g/mol. The molecule has 0 unspecified atom stereocenters. The van der Waals surface area contributed by atoms with Crippen LogP contribution in [0.1, 0.15) is 154 Å². The molecule has 2 heterocycles. The van der Waals surface area contributed by atoms with E-state index in [4.69, 9.17) is 8.83 Å². The summed E-state index contributed by atoms with van der Waals surface area (Å²) in [6.07, 6.45) is 0. The van der Waals surface area contributed by atoms with Crippen molar-refractivity contribution in [3.8, 4) is 11.1 Å². The van der Waals surface area contributed by atoms with Gasteiger partial charge in [-0.05, 0) is 156 Å². The topological polar surface area (TPSA) is 32.8 Å². The van der Waals surface area contributed by atoms with Gasteiger partial charge in [0, 0.05) is 50.0 Å². The van der Waals surface area contributed by atoms with Crippen LogP contribution in [-0.4, -0.2) is 0 Å². The van der Waals surface area contributed by atoms with Crippen LogP contribution in [0.4, 0.5) is 34.1 Å². The van der Waals surface area contributed by atoms with Crippen LogP contribution in [0.2, 0.25) is 0 Å². The van der Waals surface area contributed by atoms with Crippen LogP contribution in [0.5, 0.6) is 0 Å². The predicted octanol–water partition coefficient (Wildman–Crippen LogP) is 23.3. The Morgan fingerprint density at radius 1 is 0.294 bits per heavy atom. The van der Waals surface area contributed by atoms with Crippen molar-refractivity contribution < 1.29 is 8.83 Å². The summed E-state index contributed by atoms with van der Waals surface area (Å²) in [5.74, 6) is 0. The van der Waals surface area contributed by atoms with Crippen molar-refractivity contribution in [2.45, 2.75) is 136 Å². The Kier molecular flexibility index (Phi) is 12.9. The van der Waals surface area contributed by atoms with Crippen LogP contribution in [0.15, 0.2) is 221 Å². The monoisotopic (exact) mass is 1110 g/mol. The molecule has 0 saturated heterocycles. The number of para-hydroxylation sites is 1. The van der Waals surface area contributed by atoms with Crippen LogP contribution in [0, 0.1) is 0 Å². The lowest BCUT2D eigenvalue weighted by Gasteiger charge is -2.36. The zero-order valence-corrected chi connectivity index (χ0v) is 52.4. The molecular formula is C81H80N2O2. The van der Waals surface area contributed by atoms with Crippen LogP contribution < -0.4 is 9.80 Å². The number of anilines is 6. The summed E-state index contributed by atoms with van der Waals surface area (Å²) in [4.78, 5) is 4.94. The third-order valence-electron chi connectivity index (χ3n) is 18.1. The van der Waals surface area contributed by atoms with E-state index in [-0.39, 0.29) is 27.1 Å². The number of fused-ring (bicyclic) bond motifs is 11. The van der Waals surface area contributed by atoms with Gasteiger partial charge < -0.3 is 18.6 Å². The van der Waals surface area contributed by atoms with E-state index in [0.717, 1.165) is 111 Å². The molecule has 1 aliphatic rings. The van der Waals surface area contributed by atoms with Gasteiger partial charge in [-0.2, -0.15) is 0 Å². The molecule has 0 saturated carbocycles. The maximum atomic E-state index is 7.74. The number of hydrogen-bond donors (Lipinski definition) is 0. The molecule has 2 aromatic heterocycles. The van der Waals surface area contributed by atoms with Gasteiger partial charge in [-0.1, -0.05) is 237 Å². The van der Waals surface area contributed by atoms with Crippen molar-refractivity contribution in [2.75, 3.05) is 9.80 Å². The van der Waals surface area contributed by atoms with Crippen molar-refractivity contribution in [2.24, 2.45) is 0 Å². The fourth-order valence-electron chi connectivity index (χ4n) is 13.3. The molecule has 4 nitrogen and oxygen atoms in total. The van der Waals surface area contributed by atoms with E-state index >= 15 is 0 Å². The zero-order valence-electron chi connectivity index (χ0n) is 52.4. The molecule has 0 atom stereocenters. The highest BCUT2D eigenvalue weighted by atomic mass is 16.3. The molecule has 0 spiro atoms. The first-order valence-electron chi connectivity index (χ1n) is 30.5. The molecule has 10 aromatic carbocycles. The molecule has 1 aliphatic carbocycles. The molecule has 0 amide bonds. The van der Waals surface area contributed by atoms with Crippen LogP contribution in [0.3, 0.4) is 0 Å². The normalized spacial score (nSPS) is 13.7. The summed E-state index contributed by atoms with van der Waals surface area (Å²) >= 11 is 0. The summed E-state index contributed by atoms with van der Waals surface area (Å²) < 4.78 is 15.2. The highest BCUT2D eigenvalue weighted by Crippen LogP contribution is 2.65. The summed E-state index contributed by atoms with van der Waals surface area (Å²) in [5.41, 5.74) is 21.5. The SMILES string of the molecule is CC(C)(C)c1ccc(N(c2ccc(C(C)(C)C)cc2)c2cc3c(c4c2oc2ccccc24)-c2c(cc(N(c4ccc(C(C)(C)C)cc4)c4ccc(C(C)(C)C)cc4)c4c2oc2ccc(C(C)(C)C)cc24)C3(c2ccccc2)c2ccccc2)cc1. The van der Waals surface area contributed by atoms with Crippen molar-refractivity contribution >= 4 is 78.0 Å². The second kappa shape index (κ2) is 19.7. The van der Waals surface area contributed by atoms with E-state index in [1.54, 1.807) is 0 Å². The van der Waals surface area contributed by atoms with E-state index in [2.05, 4.69) is 326 Å². The molecule has 13 rings (SSSR count). The van der Waals surface area contributed by atoms with Gasteiger partial charge in [0.1, 0.15) is 16.7 Å². The van der Waals surface area contributed by atoms with Gasteiger partial charge in [0.25, 0.3) is 0 Å². The predicted molar refractivity (Wildman–Crippen MR) is 361 cm³/mol. The van der Waals surface area contributed by atoms with Gasteiger partial charge in [0.05, 0.1) is 22.2 Å². The Labute approximate surface area is 503 Å². The van der Waals surface area contributed by atoms with E-state index in [9.17, 15) is 0 Å². The average molecular weight is 1110 g/mol. The van der Waals surface area contributed by atoms with Crippen LogP contribution in [-0.2, 0) is 32.5 Å². The lowest BCUT2D eigenvalue weighted by atomic mass is 9.67. The first-order valence-corrected chi connectivity index (χ1v) is 30.5. The van der Waals surface area contributed by atoms with Gasteiger partial charge in [0.15, 0.2) is 5.58 Å². The van der Waals surface area contributed by atoms with E-state index < -0.39 is 5.41 Å². The quantitative estimate of drug-likeness (QED) is 0.152. The summed E-state index contributed by atoms with van der Waals surface area (Å²) in [5, 5.41) is 4.24. The Morgan fingerprint density at radius 2 is 0.647 bits per heavy atom. The van der Waals surface area contributed by atoms with Gasteiger partial charge in [0.2, 0.25) is 0 Å². The molecule has 0 N–H and O–H groups in total. The Hall–Kier alpha value is -8.60. The number of benzene rings is 10. The molecule has 12 aromatic rings. The van der Waals surface area contributed by atoms with Gasteiger partial charge >= 0.3 is 0 Å². The Bertz CT molecular complexity index is 4330. The van der Waals surface area contributed by atoms with E-state index in [1.807, 2.05) is 0 Å². The third-order valence-corrected chi connectivity index (χ3v) is 18.1. The van der Waals surface area contributed by atoms with Crippen molar-refractivity contribution in [1.82, 2.24) is 0 Å². The number of furan rings is 2. The van der Waals surface area contributed by atoms with Gasteiger partial charge in [-0.15, -0.1) is 0 Å². The molecule has 0 fully saturated rings. The molecule has 426 valence electrons. The van der Waals surface area contributed by atoms with Crippen molar-refractivity contribution in [3.63, 3.8) is 0 Å². The third kappa shape index (κ3) is 9.26. The second-order valence-corrected chi connectivity index (χ2v) is 29.0. The summed E-state index contributed by atoms with van der Waals surface area (Å²) in [6.45, 7) is 34.4. The summed E-state index contributed by atoms with van der Waals surface area (Å²) in [7, 11) is 0. The van der Waals surface area contributed by atoms with Gasteiger partial charge in [-0.3, -0.25) is 0 Å². The maximum absolute atomic E-state index is 7.74. The molecule has 0 aliphatic heterocycles. The molecule has 0 radical (unpaired) electrons. The minimum atomic E-state index is -0.900. The highest BCUT2D eigenvalue weighted by Gasteiger charge is 2.50. The van der Waals surface area contributed by atoms with Gasteiger partial charge in [-0.25, -0.2) is 0 Å². The standard InChI is InChI=1S/C81H80N2O2/c1-76(2,3)51-30-39-58(40-31-51)82(59-41-32-52(33-42-59)77(4,5)6)66-49-65-73(75-70(66)63-48-57(80(13,14)15)38-47-69(63)85-75)72-64(81(65,55-24-18-16-19-25-55)56-26-20-17-21-27-56)50-67(74-71(72)62-28-22-23-29-68(62)84-74)83(60-43-34-53(35-44-60)78(7,8)9)61-45-36-54(37-46-61)79(10,11)12/h16-50H,1-15H3. The number of nitrogens with zero attached hydrogens (tertiary/aromatic N) is 2. The van der Waals surface area contributed by atoms with Crippen LogP contribution in [0.25, 0.3) is 55.0 Å². The average Bonchev–Trinajstić information content (AvgIpc) is 1.53. The number of hydrogen-bond acceptors (Lipinski definition) is 4. The number of rotatable bonds is 8. The lowest BCUT2D eigenvalue weighted by Crippen LogP contribution is -2.29. The van der Waals surface area contributed by atoms with E-state index in [1.165, 1.54) is 27.8 Å². The Morgan fingerprint density at radius 3 is 1.08 bits per heavy atom. The fourth-order valence-corrected chi connectivity index (χ4v) is 13.3. The fraction of sp³-hybridized carbons (Fsp3) is 0.259. The second-order valence-electron chi connectivity index (χ2n) is 29.0. The van der Waals surface area contributed by atoms with Crippen molar-refractivity contribution in [1.29, 1.82) is 0 Å². The molecule has 0 bridgehead atoms. The van der Waals surface area contributed by atoms with Crippen LogP contribution >= 0.6 is 0 Å². The lowest BCUT2D eigenvalue weighted by molar-refractivity contribution is 0.590. The zero-order chi connectivity index (χ0) is 59.8. The molecule has 85 heavy (non-hydrogen) atoms. The minimum absolute atomic E-state index is 0.0372. The summed E-state index contributed by atoms with van der Waals surface area (Å²) in [6, 6.07) is 79.9. The smallest absolute Gasteiger partial charge is 0.160 e.